The lowest BCUT2D eigenvalue weighted by atomic mass is 9.83. The second-order valence-corrected chi connectivity index (χ2v) is 11.5. The minimum absolute atomic E-state index is 0.0123. The molecule has 2 aliphatic heterocycles. The third-order valence-electron chi connectivity index (χ3n) is 8.38. The zero-order chi connectivity index (χ0) is 29.6. The van der Waals surface area contributed by atoms with Crippen LogP contribution in [0.4, 0.5) is 0 Å². The Morgan fingerprint density at radius 1 is 0.929 bits per heavy atom. The number of rotatable bonds is 8. The van der Waals surface area contributed by atoms with Gasteiger partial charge in [-0.15, -0.1) is 0 Å². The molecule has 0 aromatic heterocycles. The van der Waals surface area contributed by atoms with E-state index in [1.165, 1.54) is 5.56 Å². The average Bonchev–Trinajstić information content (AvgIpc) is 3.00. The molecule has 3 aromatic carbocycles. The van der Waals surface area contributed by atoms with E-state index in [1.807, 2.05) is 53.4 Å². The van der Waals surface area contributed by atoms with Crippen LogP contribution in [0.5, 0.6) is 0 Å². The number of ether oxygens (including phenoxy) is 1. The Hall–Kier alpha value is -3.90. The van der Waals surface area contributed by atoms with Gasteiger partial charge in [-0.1, -0.05) is 72.3 Å². The van der Waals surface area contributed by atoms with Gasteiger partial charge in [-0.3, -0.25) is 9.59 Å². The van der Waals surface area contributed by atoms with Crippen molar-refractivity contribution in [1.82, 2.24) is 9.80 Å². The number of carbonyl (C=O) groups is 3. The van der Waals surface area contributed by atoms with Crippen LogP contribution < -0.4 is 0 Å². The SMILES string of the molecule is CCOC(=O)C1=C(C)N(Cc2cccc(C(=O)N3CCC(Cc4ccccc4)CC3)c2)C(=O)CC1c1ccccc1Cl. The van der Waals surface area contributed by atoms with Crippen LogP contribution in [0.3, 0.4) is 0 Å². The zero-order valence-electron chi connectivity index (χ0n) is 24.2. The summed E-state index contributed by atoms with van der Waals surface area (Å²) in [5.74, 6) is -0.456. The van der Waals surface area contributed by atoms with Crippen molar-refractivity contribution in [1.29, 1.82) is 0 Å². The van der Waals surface area contributed by atoms with Gasteiger partial charge in [-0.25, -0.2) is 4.79 Å². The first kappa shape index (κ1) is 29.6. The maximum Gasteiger partial charge on any atom is 0.336 e. The number of amides is 2. The van der Waals surface area contributed by atoms with Crippen LogP contribution in [0.2, 0.25) is 5.02 Å². The fourth-order valence-corrected chi connectivity index (χ4v) is 6.42. The third-order valence-corrected chi connectivity index (χ3v) is 8.73. The Morgan fingerprint density at radius 2 is 1.62 bits per heavy atom. The summed E-state index contributed by atoms with van der Waals surface area (Å²) >= 11 is 6.49. The van der Waals surface area contributed by atoms with Crippen molar-refractivity contribution < 1.29 is 19.1 Å². The van der Waals surface area contributed by atoms with Crippen LogP contribution in [0.1, 0.15) is 66.1 Å². The van der Waals surface area contributed by atoms with E-state index in [1.54, 1.807) is 24.8 Å². The second kappa shape index (κ2) is 13.4. The van der Waals surface area contributed by atoms with Crippen molar-refractivity contribution in [3.8, 4) is 0 Å². The molecule has 0 saturated carbocycles. The van der Waals surface area contributed by atoms with E-state index in [9.17, 15) is 14.4 Å². The summed E-state index contributed by atoms with van der Waals surface area (Å²) in [7, 11) is 0. The molecule has 2 heterocycles. The lowest BCUT2D eigenvalue weighted by Gasteiger charge is -2.35. The van der Waals surface area contributed by atoms with E-state index in [-0.39, 0.29) is 31.4 Å². The molecule has 2 amide bonds. The van der Waals surface area contributed by atoms with Crippen LogP contribution in [-0.4, -0.2) is 47.3 Å². The molecule has 5 rings (SSSR count). The molecule has 1 fully saturated rings. The Balaban J connectivity index is 1.31. The molecule has 6 nitrogen and oxygen atoms in total. The van der Waals surface area contributed by atoms with Crippen LogP contribution in [-0.2, 0) is 27.3 Å². The number of piperidine rings is 1. The smallest absolute Gasteiger partial charge is 0.336 e. The fourth-order valence-electron chi connectivity index (χ4n) is 6.16. The lowest BCUT2D eigenvalue weighted by Crippen LogP contribution is -2.39. The average molecular weight is 585 g/mol. The van der Waals surface area contributed by atoms with Gasteiger partial charge >= 0.3 is 5.97 Å². The Kier molecular flexibility index (Phi) is 9.43. The molecule has 1 atom stereocenters. The van der Waals surface area contributed by atoms with E-state index in [2.05, 4.69) is 24.3 Å². The summed E-state index contributed by atoms with van der Waals surface area (Å²) in [5.41, 5.74) is 4.50. The van der Waals surface area contributed by atoms with Crippen molar-refractivity contribution in [2.75, 3.05) is 19.7 Å². The first-order valence-electron chi connectivity index (χ1n) is 14.7. The van der Waals surface area contributed by atoms with Gasteiger partial charge < -0.3 is 14.5 Å². The normalized spacial score (nSPS) is 17.9. The summed E-state index contributed by atoms with van der Waals surface area (Å²) in [6, 6.07) is 25.3. The van der Waals surface area contributed by atoms with Crippen molar-refractivity contribution in [2.45, 2.75) is 52.0 Å². The first-order chi connectivity index (χ1) is 20.4. The number of hydrogen-bond acceptors (Lipinski definition) is 4. The summed E-state index contributed by atoms with van der Waals surface area (Å²) in [6.45, 7) is 5.49. The van der Waals surface area contributed by atoms with Crippen molar-refractivity contribution >= 4 is 29.4 Å². The largest absolute Gasteiger partial charge is 0.463 e. The monoisotopic (exact) mass is 584 g/mol. The Bertz CT molecular complexity index is 1480. The van der Waals surface area contributed by atoms with Crippen LogP contribution in [0, 0.1) is 5.92 Å². The first-order valence-corrected chi connectivity index (χ1v) is 15.1. The van der Waals surface area contributed by atoms with E-state index < -0.39 is 11.9 Å². The molecule has 1 saturated heterocycles. The number of carbonyl (C=O) groups excluding carboxylic acids is 3. The molecule has 1 unspecified atom stereocenters. The van der Waals surface area contributed by atoms with Gasteiger partial charge in [0.25, 0.3) is 5.91 Å². The molecule has 0 radical (unpaired) electrons. The fraction of sp³-hybridized carbons (Fsp3) is 0.343. The quantitative estimate of drug-likeness (QED) is 0.274. The number of allylic oxidation sites excluding steroid dienone is 1. The minimum Gasteiger partial charge on any atom is -0.463 e. The van der Waals surface area contributed by atoms with E-state index in [0.29, 0.717) is 27.8 Å². The second-order valence-electron chi connectivity index (χ2n) is 11.1. The van der Waals surface area contributed by atoms with E-state index >= 15 is 0 Å². The predicted octanol–water partition coefficient (Wildman–Crippen LogP) is 6.79. The standard InChI is InChI=1S/C35H37ClN2O4/c1-3-42-35(41)33-24(2)38(32(39)22-30(33)29-14-7-8-15-31(29)36)23-27-12-9-13-28(21-27)34(40)37-18-16-26(17-19-37)20-25-10-5-4-6-11-25/h4-15,21,26,30H,3,16-20,22-23H2,1-2H3. The predicted molar refractivity (Wildman–Crippen MR) is 164 cm³/mol. The van der Waals surface area contributed by atoms with Gasteiger partial charge in [-0.2, -0.15) is 0 Å². The van der Waals surface area contributed by atoms with Crippen molar-refractivity contribution in [2.24, 2.45) is 5.92 Å². The van der Waals surface area contributed by atoms with E-state index in [0.717, 1.165) is 43.5 Å². The van der Waals surface area contributed by atoms with Crippen LogP contribution in [0.15, 0.2) is 90.1 Å². The topological polar surface area (TPSA) is 66.9 Å². The van der Waals surface area contributed by atoms with Gasteiger partial charge in [0, 0.05) is 41.7 Å². The molecule has 0 aliphatic carbocycles. The van der Waals surface area contributed by atoms with Crippen LogP contribution >= 0.6 is 11.6 Å². The number of benzene rings is 3. The molecule has 7 heteroatoms. The molecule has 218 valence electrons. The maximum absolute atomic E-state index is 13.5. The Labute approximate surface area is 252 Å². The Morgan fingerprint density at radius 3 is 2.33 bits per heavy atom. The van der Waals surface area contributed by atoms with Gasteiger partial charge in [0.2, 0.25) is 5.91 Å². The van der Waals surface area contributed by atoms with Gasteiger partial charge in [0.15, 0.2) is 0 Å². The molecule has 0 spiro atoms. The van der Waals surface area contributed by atoms with Gasteiger partial charge in [0.1, 0.15) is 0 Å². The summed E-state index contributed by atoms with van der Waals surface area (Å²) < 4.78 is 5.41. The molecule has 2 aliphatic rings. The number of halogens is 1. The molecule has 42 heavy (non-hydrogen) atoms. The maximum atomic E-state index is 13.5. The summed E-state index contributed by atoms with van der Waals surface area (Å²) in [4.78, 5) is 43.6. The molecule has 0 N–H and O–H groups in total. The van der Waals surface area contributed by atoms with Crippen LogP contribution in [0.25, 0.3) is 0 Å². The minimum atomic E-state index is -0.487. The lowest BCUT2D eigenvalue weighted by molar-refractivity contribution is -0.140. The highest BCUT2D eigenvalue weighted by atomic mass is 35.5. The van der Waals surface area contributed by atoms with Gasteiger partial charge in [0.05, 0.1) is 18.7 Å². The summed E-state index contributed by atoms with van der Waals surface area (Å²) in [6.07, 6.45) is 3.11. The zero-order valence-corrected chi connectivity index (χ0v) is 25.0. The van der Waals surface area contributed by atoms with Crippen molar-refractivity contribution in [3.63, 3.8) is 0 Å². The van der Waals surface area contributed by atoms with Gasteiger partial charge in [-0.05, 0) is 73.9 Å². The highest BCUT2D eigenvalue weighted by molar-refractivity contribution is 6.31. The number of esters is 1. The number of hydrogen-bond donors (Lipinski definition) is 0. The van der Waals surface area contributed by atoms with Crippen molar-refractivity contribution in [3.05, 3.63) is 117 Å². The molecule has 0 bridgehead atoms. The number of nitrogens with zero attached hydrogens (tertiary/aromatic N) is 2. The third kappa shape index (κ3) is 6.60. The summed E-state index contributed by atoms with van der Waals surface area (Å²) in [5, 5.41) is 0.508. The molecular formula is C35H37ClN2O4. The van der Waals surface area contributed by atoms with E-state index in [4.69, 9.17) is 16.3 Å². The highest BCUT2D eigenvalue weighted by Crippen LogP contribution is 2.40. The number of likely N-dealkylation sites (tertiary alicyclic amines) is 1. The highest BCUT2D eigenvalue weighted by Gasteiger charge is 2.37. The molecule has 3 aromatic rings. The molecular weight excluding hydrogens is 548 g/mol.